The van der Waals surface area contributed by atoms with E-state index in [2.05, 4.69) is 5.32 Å². The highest BCUT2D eigenvalue weighted by Gasteiger charge is 2.54. The van der Waals surface area contributed by atoms with Gasteiger partial charge in [-0.15, -0.1) is 0 Å². The van der Waals surface area contributed by atoms with Gasteiger partial charge in [0.05, 0.1) is 19.8 Å². The molecule has 2 atom stereocenters. The summed E-state index contributed by atoms with van der Waals surface area (Å²) in [7, 11) is 1.58. The molecule has 9 nitrogen and oxygen atoms in total. The number of piperidine rings is 1. The van der Waals surface area contributed by atoms with E-state index >= 15 is 0 Å². The van der Waals surface area contributed by atoms with Crippen molar-refractivity contribution in [2.24, 2.45) is 0 Å². The average Bonchev–Trinajstić information content (AvgIpc) is 3.60. The van der Waals surface area contributed by atoms with Crippen molar-refractivity contribution < 1.29 is 28.6 Å². The third kappa shape index (κ3) is 5.19. The predicted molar refractivity (Wildman–Crippen MR) is 135 cm³/mol. The Morgan fingerprint density at radius 3 is 2.35 bits per heavy atom. The molecule has 3 aliphatic rings. The molecule has 1 N–H and O–H groups in total. The van der Waals surface area contributed by atoms with E-state index in [0.29, 0.717) is 56.0 Å². The molecule has 37 heavy (non-hydrogen) atoms. The second-order valence-corrected chi connectivity index (χ2v) is 9.72. The van der Waals surface area contributed by atoms with Crippen LogP contribution in [0.5, 0.6) is 5.75 Å². The summed E-state index contributed by atoms with van der Waals surface area (Å²) < 4.78 is 17.1. The van der Waals surface area contributed by atoms with Gasteiger partial charge >= 0.3 is 0 Å². The van der Waals surface area contributed by atoms with Crippen LogP contribution in [0.25, 0.3) is 0 Å². The van der Waals surface area contributed by atoms with Crippen LogP contribution in [0.1, 0.15) is 46.4 Å². The van der Waals surface area contributed by atoms with Gasteiger partial charge in [0.2, 0.25) is 5.91 Å². The summed E-state index contributed by atoms with van der Waals surface area (Å²) >= 11 is 0. The molecular formula is C28H33N3O6. The molecule has 3 saturated heterocycles. The summed E-state index contributed by atoms with van der Waals surface area (Å²) in [4.78, 5) is 43.5. The number of rotatable bonds is 6. The molecule has 2 aromatic carbocycles. The van der Waals surface area contributed by atoms with Crippen molar-refractivity contribution in [1.29, 1.82) is 0 Å². The largest absolute Gasteiger partial charge is 0.497 e. The molecule has 3 amide bonds. The minimum atomic E-state index is -0.949. The van der Waals surface area contributed by atoms with Crippen LogP contribution >= 0.6 is 0 Å². The Bertz CT molecular complexity index is 1110. The lowest BCUT2D eigenvalue weighted by molar-refractivity contribution is -0.128. The maximum atomic E-state index is 13.7. The van der Waals surface area contributed by atoms with E-state index in [9.17, 15) is 14.4 Å². The Morgan fingerprint density at radius 1 is 1.00 bits per heavy atom. The van der Waals surface area contributed by atoms with Gasteiger partial charge in [-0.05, 0) is 49.2 Å². The number of carbonyl (C=O) groups is 3. The fraction of sp³-hybridized carbons (Fsp3) is 0.464. The summed E-state index contributed by atoms with van der Waals surface area (Å²) in [6, 6.07) is 15.2. The quantitative estimate of drug-likeness (QED) is 0.645. The van der Waals surface area contributed by atoms with Gasteiger partial charge in [-0.2, -0.15) is 0 Å². The second-order valence-electron chi connectivity index (χ2n) is 9.72. The van der Waals surface area contributed by atoms with Crippen LogP contribution in [0.2, 0.25) is 0 Å². The molecule has 0 radical (unpaired) electrons. The van der Waals surface area contributed by atoms with Gasteiger partial charge in [0.15, 0.2) is 0 Å². The Hall–Kier alpha value is -3.43. The second kappa shape index (κ2) is 10.9. The Morgan fingerprint density at radius 2 is 1.70 bits per heavy atom. The van der Waals surface area contributed by atoms with Crippen molar-refractivity contribution >= 4 is 17.7 Å². The molecule has 2 aromatic rings. The Kier molecular flexibility index (Phi) is 7.43. The van der Waals surface area contributed by atoms with Gasteiger partial charge in [-0.25, -0.2) is 0 Å². The van der Waals surface area contributed by atoms with Crippen LogP contribution in [0.4, 0.5) is 0 Å². The van der Waals surface area contributed by atoms with Crippen LogP contribution in [-0.4, -0.2) is 85.3 Å². The maximum absolute atomic E-state index is 13.7. The molecule has 0 saturated carbocycles. The highest BCUT2D eigenvalue weighted by atomic mass is 16.5. The number of ether oxygens (including phenoxy) is 3. The van der Waals surface area contributed by atoms with E-state index in [1.807, 2.05) is 6.07 Å². The fourth-order valence-electron chi connectivity index (χ4n) is 5.40. The molecule has 5 rings (SSSR count). The number of nitrogens with zero attached hydrogens (tertiary/aromatic N) is 2. The van der Waals surface area contributed by atoms with Gasteiger partial charge in [0, 0.05) is 50.2 Å². The highest BCUT2D eigenvalue weighted by Crippen LogP contribution is 2.39. The fourth-order valence-corrected chi connectivity index (χ4v) is 5.40. The first-order chi connectivity index (χ1) is 18.0. The first kappa shape index (κ1) is 25.2. The number of carbonyl (C=O) groups excluding carboxylic acids is 3. The van der Waals surface area contributed by atoms with Gasteiger partial charge < -0.3 is 24.4 Å². The zero-order valence-electron chi connectivity index (χ0n) is 21.1. The van der Waals surface area contributed by atoms with E-state index in [4.69, 9.17) is 14.2 Å². The number of hydrogen-bond acceptors (Lipinski definition) is 6. The Balaban J connectivity index is 1.32. The highest BCUT2D eigenvalue weighted by molar-refractivity contribution is 5.98. The smallest absolute Gasteiger partial charge is 0.256 e. The van der Waals surface area contributed by atoms with Gasteiger partial charge in [-0.3, -0.25) is 19.3 Å². The van der Waals surface area contributed by atoms with Crippen LogP contribution in [0.3, 0.4) is 0 Å². The molecular weight excluding hydrogens is 474 g/mol. The van der Waals surface area contributed by atoms with Crippen LogP contribution in [0.15, 0.2) is 54.6 Å². The number of nitrogens with one attached hydrogen (secondary N) is 1. The third-order valence-electron chi connectivity index (χ3n) is 7.50. The van der Waals surface area contributed by atoms with Crippen LogP contribution in [-0.2, 0) is 14.3 Å². The van der Waals surface area contributed by atoms with Crippen LogP contribution < -0.4 is 10.1 Å². The number of benzene rings is 2. The van der Waals surface area contributed by atoms with E-state index in [1.54, 1.807) is 65.4 Å². The lowest BCUT2D eigenvalue weighted by Crippen LogP contribution is -2.60. The molecule has 3 aliphatic heterocycles. The SMILES string of the molecule is COc1ccc(C(=O)N2CCC3(CC2)OC[C@H](C(=O)NC[C@@H]2CCCO2)N3C(=O)c2ccccc2)cc1. The van der Waals surface area contributed by atoms with Crippen molar-refractivity contribution in [2.75, 3.05) is 40.0 Å². The minimum absolute atomic E-state index is 0.00529. The number of likely N-dealkylation sites (tertiary alicyclic amines) is 1. The van der Waals surface area contributed by atoms with Crippen LogP contribution in [0, 0.1) is 0 Å². The van der Waals surface area contributed by atoms with Crippen molar-refractivity contribution in [3.05, 3.63) is 65.7 Å². The van der Waals surface area contributed by atoms with Gasteiger partial charge in [-0.1, -0.05) is 18.2 Å². The van der Waals surface area contributed by atoms with E-state index in [1.165, 1.54) is 0 Å². The third-order valence-corrected chi connectivity index (χ3v) is 7.50. The molecule has 0 aliphatic carbocycles. The summed E-state index contributed by atoms with van der Waals surface area (Å²) in [6.07, 6.45) is 2.74. The zero-order chi connectivity index (χ0) is 25.8. The van der Waals surface area contributed by atoms with E-state index < -0.39 is 11.8 Å². The van der Waals surface area contributed by atoms with E-state index in [-0.39, 0.29) is 30.4 Å². The summed E-state index contributed by atoms with van der Waals surface area (Å²) in [6.45, 7) is 2.06. The summed E-state index contributed by atoms with van der Waals surface area (Å²) in [5.41, 5.74) is 0.129. The normalized spacial score (nSPS) is 22.7. The van der Waals surface area contributed by atoms with Gasteiger partial charge in [0.25, 0.3) is 11.8 Å². The molecule has 0 unspecified atom stereocenters. The zero-order valence-corrected chi connectivity index (χ0v) is 21.1. The van der Waals surface area contributed by atoms with E-state index in [0.717, 1.165) is 12.8 Å². The number of amides is 3. The molecule has 0 aromatic heterocycles. The predicted octanol–water partition coefficient (Wildman–Crippen LogP) is 2.46. The topological polar surface area (TPSA) is 97.4 Å². The maximum Gasteiger partial charge on any atom is 0.256 e. The molecule has 196 valence electrons. The average molecular weight is 508 g/mol. The lowest BCUT2D eigenvalue weighted by atomic mass is 9.96. The molecule has 1 spiro atoms. The molecule has 3 heterocycles. The number of hydrogen-bond donors (Lipinski definition) is 1. The number of methoxy groups -OCH3 is 1. The molecule has 0 bridgehead atoms. The summed E-state index contributed by atoms with van der Waals surface area (Å²) in [5, 5.41) is 2.97. The van der Waals surface area contributed by atoms with Gasteiger partial charge in [0.1, 0.15) is 17.5 Å². The first-order valence-electron chi connectivity index (χ1n) is 12.9. The van der Waals surface area contributed by atoms with Crippen molar-refractivity contribution in [3.8, 4) is 5.75 Å². The lowest BCUT2D eigenvalue weighted by Gasteiger charge is -2.44. The van der Waals surface area contributed by atoms with Crippen molar-refractivity contribution in [2.45, 2.75) is 43.6 Å². The standard InChI is InChI=1S/C28H33N3O6/c1-35-22-11-9-21(10-12-22)26(33)30-15-13-28(14-16-30)31(27(34)20-6-3-2-4-7-20)24(19-37-28)25(32)29-18-23-8-5-17-36-23/h2-4,6-7,9-12,23-24H,5,8,13-19H2,1H3,(H,29,32)/t23-,24+/m0/s1. The minimum Gasteiger partial charge on any atom is -0.497 e. The summed E-state index contributed by atoms with van der Waals surface area (Å²) in [5.74, 6) is 0.119. The van der Waals surface area contributed by atoms with Crippen molar-refractivity contribution in [1.82, 2.24) is 15.1 Å². The monoisotopic (exact) mass is 507 g/mol. The molecule has 3 fully saturated rings. The molecule has 9 heteroatoms. The first-order valence-corrected chi connectivity index (χ1v) is 12.9. The Labute approximate surface area is 216 Å². The van der Waals surface area contributed by atoms with Crippen molar-refractivity contribution in [3.63, 3.8) is 0 Å².